The summed E-state index contributed by atoms with van der Waals surface area (Å²) in [5.41, 5.74) is 2.09. The molecule has 0 aliphatic heterocycles. The van der Waals surface area contributed by atoms with Crippen molar-refractivity contribution >= 4 is 11.8 Å². The zero-order valence-electron chi connectivity index (χ0n) is 12.7. The van der Waals surface area contributed by atoms with Gasteiger partial charge < -0.3 is 14.0 Å². The van der Waals surface area contributed by atoms with E-state index in [1.807, 2.05) is 27.7 Å². The summed E-state index contributed by atoms with van der Waals surface area (Å²) in [6.07, 6.45) is -0.243. The van der Waals surface area contributed by atoms with Crippen molar-refractivity contribution in [2.24, 2.45) is 0 Å². The Morgan fingerprint density at radius 2 is 1.95 bits per heavy atom. The molecule has 1 heterocycles. The molecule has 0 saturated carbocycles. The summed E-state index contributed by atoms with van der Waals surface area (Å²) in [7, 11) is 1.26. The maximum Gasteiger partial charge on any atom is 0.313 e. The summed E-state index contributed by atoms with van der Waals surface area (Å²) in [5, 5.41) is 0. The second kappa shape index (κ2) is 7.19. The van der Waals surface area contributed by atoms with E-state index in [-0.39, 0.29) is 24.9 Å². The molecule has 6 heteroatoms. The van der Waals surface area contributed by atoms with E-state index in [4.69, 9.17) is 4.74 Å². The lowest BCUT2D eigenvalue weighted by molar-refractivity contribution is -0.144. The number of rotatable bonds is 7. The normalized spacial score (nSPS) is 12.2. The van der Waals surface area contributed by atoms with Gasteiger partial charge >= 0.3 is 5.97 Å². The number of hydrogen-bond acceptors (Lipinski definition) is 5. The number of carbonyl (C=O) groups is 2. The van der Waals surface area contributed by atoms with E-state index in [0.717, 1.165) is 17.2 Å². The molecule has 0 aliphatic carbocycles. The molecule has 112 valence electrons. The van der Waals surface area contributed by atoms with Crippen molar-refractivity contribution in [1.29, 1.82) is 0 Å². The number of nitrogens with zero attached hydrogens (tertiary/aromatic N) is 2. The Labute approximate surface area is 119 Å². The van der Waals surface area contributed by atoms with Gasteiger partial charge in [0.1, 0.15) is 18.9 Å². The Balaban J connectivity index is 2.46. The molecule has 0 saturated heterocycles. The quantitative estimate of drug-likeness (QED) is 0.560. The number of ether oxygens (including phenoxy) is 2. The van der Waals surface area contributed by atoms with Gasteiger partial charge in [-0.25, -0.2) is 4.98 Å². The van der Waals surface area contributed by atoms with Crippen molar-refractivity contribution in [1.82, 2.24) is 9.55 Å². The lowest BCUT2D eigenvalue weighted by Crippen LogP contribution is -2.19. The highest BCUT2D eigenvalue weighted by Gasteiger charge is 2.15. The third kappa shape index (κ3) is 4.16. The number of esters is 1. The maximum absolute atomic E-state index is 11.4. The van der Waals surface area contributed by atoms with Crippen LogP contribution in [0.25, 0.3) is 0 Å². The Kier molecular flexibility index (Phi) is 5.88. The highest BCUT2D eigenvalue weighted by Crippen LogP contribution is 2.16. The Morgan fingerprint density at radius 3 is 2.45 bits per heavy atom. The molecule has 0 aromatic carbocycles. The van der Waals surface area contributed by atoms with Crippen LogP contribution in [-0.4, -0.2) is 41.6 Å². The molecule has 0 radical (unpaired) electrons. The highest BCUT2D eigenvalue weighted by atomic mass is 16.5. The summed E-state index contributed by atoms with van der Waals surface area (Å²) in [6, 6.07) is 0.0853. The molecule has 1 unspecified atom stereocenters. The smallest absolute Gasteiger partial charge is 0.313 e. The molecule has 6 nitrogen and oxygen atoms in total. The summed E-state index contributed by atoms with van der Waals surface area (Å²) in [5.74, 6) is 0.111. The molecule has 0 fully saturated rings. The Hall–Kier alpha value is -1.69. The fourth-order valence-electron chi connectivity index (χ4n) is 2.15. The first-order valence-corrected chi connectivity index (χ1v) is 6.55. The van der Waals surface area contributed by atoms with Crippen LogP contribution in [0.2, 0.25) is 0 Å². The number of imidazole rings is 1. The number of aromatic nitrogens is 2. The van der Waals surface area contributed by atoms with Crippen LogP contribution in [0.5, 0.6) is 0 Å². The van der Waals surface area contributed by atoms with E-state index in [2.05, 4.69) is 14.3 Å². The molecular formula is C14H22N2O4. The topological polar surface area (TPSA) is 70.4 Å². The molecule has 1 aromatic rings. The monoisotopic (exact) mass is 282 g/mol. The van der Waals surface area contributed by atoms with Crippen molar-refractivity contribution in [3.05, 3.63) is 17.2 Å². The fourth-order valence-corrected chi connectivity index (χ4v) is 2.15. The van der Waals surface area contributed by atoms with Crippen molar-refractivity contribution in [3.63, 3.8) is 0 Å². The lowest BCUT2D eigenvalue weighted by atomic mass is 10.3. The molecule has 0 aliphatic rings. The van der Waals surface area contributed by atoms with Gasteiger partial charge in [-0.1, -0.05) is 0 Å². The van der Waals surface area contributed by atoms with Crippen LogP contribution in [0.1, 0.15) is 36.6 Å². The average molecular weight is 282 g/mol. The Morgan fingerprint density at radius 1 is 1.30 bits per heavy atom. The van der Waals surface area contributed by atoms with Crippen LogP contribution >= 0.6 is 0 Å². The highest BCUT2D eigenvalue weighted by molar-refractivity contribution is 5.96. The van der Waals surface area contributed by atoms with Crippen LogP contribution in [0, 0.1) is 20.8 Å². The van der Waals surface area contributed by atoms with Crippen LogP contribution in [-0.2, 0) is 19.1 Å². The molecule has 1 aromatic heterocycles. The number of hydrogen-bond donors (Lipinski definition) is 0. The molecule has 0 amide bonds. The molecule has 1 rings (SSSR count). The minimum atomic E-state index is -0.538. The van der Waals surface area contributed by atoms with Gasteiger partial charge in [-0.2, -0.15) is 0 Å². The second-order valence-corrected chi connectivity index (χ2v) is 4.86. The van der Waals surface area contributed by atoms with E-state index in [1.54, 1.807) is 0 Å². The summed E-state index contributed by atoms with van der Waals surface area (Å²) < 4.78 is 11.9. The maximum atomic E-state index is 11.4. The van der Waals surface area contributed by atoms with Crippen molar-refractivity contribution < 1.29 is 19.1 Å². The molecule has 1 atom stereocenters. The number of Topliss-reactive ketones (excluding diaryl/α,β-unsaturated/α-hetero) is 1. The van der Waals surface area contributed by atoms with Crippen LogP contribution in [0.4, 0.5) is 0 Å². The van der Waals surface area contributed by atoms with Gasteiger partial charge in [0.05, 0.1) is 25.5 Å². The van der Waals surface area contributed by atoms with Gasteiger partial charge in [-0.05, 0) is 27.7 Å². The minimum Gasteiger partial charge on any atom is -0.469 e. The SMILES string of the molecule is COC(=O)CC(=O)COCC(C)n1c(C)nc(C)c1C. The summed E-state index contributed by atoms with van der Waals surface area (Å²) in [6.45, 7) is 8.24. The van der Waals surface area contributed by atoms with Crippen molar-refractivity contribution in [2.45, 2.75) is 40.2 Å². The largest absolute Gasteiger partial charge is 0.469 e. The third-order valence-electron chi connectivity index (χ3n) is 3.20. The zero-order valence-corrected chi connectivity index (χ0v) is 12.7. The predicted molar refractivity (Wildman–Crippen MR) is 73.6 cm³/mol. The van der Waals surface area contributed by atoms with Gasteiger partial charge in [0.25, 0.3) is 0 Å². The van der Waals surface area contributed by atoms with E-state index >= 15 is 0 Å². The summed E-state index contributed by atoms with van der Waals surface area (Å²) >= 11 is 0. The van der Waals surface area contributed by atoms with E-state index in [0.29, 0.717) is 6.61 Å². The van der Waals surface area contributed by atoms with E-state index in [1.165, 1.54) is 7.11 Å². The van der Waals surface area contributed by atoms with Gasteiger partial charge in [0.2, 0.25) is 0 Å². The molecular weight excluding hydrogens is 260 g/mol. The minimum absolute atomic E-state index is 0.0782. The first-order valence-electron chi connectivity index (χ1n) is 6.55. The van der Waals surface area contributed by atoms with Crippen molar-refractivity contribution in [3.8, 4) is 0 Å². The van der Waals surface area contributed by atoms with Gasteiger partial charge in [0, 0.05) is 5.69 Å². The first kappa shape index (κ1) is 16.4. The van der Waals surface area contributed by atoms with E-state index < -0.39 is 5.97 Å². The third-order valence-corrected chi connectivity index (χ3v) is 3.20. The number of methoxy groups -OCH3 is 1. The molecule has 0 N–H and O–H groups in total. The number of carbonyl (C=O) groups excluding carboxylic acids is 2. The molecule has 0 spiro atoms. The lowest BCUT2D eigenvalue weighted by Gasteiger charge is -2.17. The second-order valence-electron chi connectivity index (χ2n) is 4.86. The number of aryl methyl sites for hydroxylation is 2. The average Bonchev–Trinajstić information content (AvgIpc) is 2.62. The van der Waals surface area contributed by atoms with Crippen LogP contribution < -0.4 is 0 Å². The van der Waals surface area contributed by atoms with Gasteiger partial charge in [0.15, 0.2) is 5.78 Å². The van der Waals surface area contributed by atoms with Crippen LogP contribution in [0.15, 0.2) is 0 Å². The first-order chi connectivity index (χ1) is 9.36. The summed E-state index contributed by atoms with van der Waals surface area (Å²) in [4.78, 5) is 26.7. The molecule has 0 bridgehead atoms. The number of ketones is 1. The fraction of sp³-hybridized carbons (Fsp3) is 0.643. The Bertz CT molecular complexity index is 494. The van der Waals surface area contributed by atoms with Crippen LogP contribution in [0.3, 0.4) is 0 Å². The van der Waals surface area contributed by atoms with Gasteiger partial charge in [-0.15, -0.1) is 0 Å². The standard InChI is InChI=1S/C14H22N2O4/c1-9(16-11(3)10(2)15-12(16)4)7-20-8-13(17)6-14(18)19-5/h9H,6-8H2,1-5H3. The zero-order chi connectivity index (χ0) is 15.3. The predicted octanol–water partition coefficient (Wildman–Crippen LogP) is 1.52. The van der Waals surface area contributed by atoms with E-state index in [9.17, 15) is 9.59 Å². The van der Waals surface area contributed by atoms with Gasteiger partial charge in [-0.3, -0.25) is 9.59 Å². The van der Waals surface area contributed by atoms with Crippen molar-refractivity contribution in [2.75, 3.05) is 20.3 Å². The molecule has 20 heavy (non-hydrogen) atoms.